The molecule has 1 amide bonds. The highest BCUT2D eigenvalue weighted by atomic mass is 32.1. The average Bonchev–Trinajstić information content (AvgIpc) is 3.45. The summed E-state index contributed by atoms with van der Waals surface area (Å²) in [6.45, 7) is 7.81. The number of alkyl carbamates (subject to hydrolysis) is 1. The third-order valence-electron chi connectivity index (χ3n) is 5.24. The van der Waals surface area contributed by atoms with E-state index in [9.17, 15) is 14.4 Å². The smallest absolute Gasteiger partial charge is 0.407 e. The molecule has 35 heavy (non-hydrogen) atoms. The third-order valence-corrected chi connectivity index (χ3v) is 6.01. The number of hydrogen-bond acceptors (Lipinski definition) is 9. The van der Waals surface area contributed by atoms with Gasteiger partial charge in [0.15, 0.2) is 22.4 Å². The molecule has 0 aliphatic carbocycles. The van der Waals surface area contributed by atoms with Crippen LogP contribution in [0.25, 0.3) is 16.2 Å². The lowest BCUT2D eigenvalue weighted by atomic mass is 10.2. The van der Waals surface area contributed by atoms with Crippen molar-refractivity contribution in [3.63, 3.8) is 0 Å². The molecule has 1 fully saturated rings. The van der Waals surface area contributed by atoms with Gasteiger partial charge < -0.3 is 19.7 Å². The third kappa shape index (κ3) is 5.26. The van der Waals surface area contributed by atoms with Gasteiger partial charge in [-0.1, -0.05) is 0 Å². The maximum Gasteiger partial charge on any atom is 0.407 e. The minimum atomic E-state index is -0.801. The number of ether oxygens (including phenoxy) is 2. The molecule has 186 valence electrons. The van der Waals surface area contributed by atoms with Crippen LogP contribution in [0.4, 0.5) is 15.0 Å². The van der Waals surface area contributed by atoms with E-state index >= 15 is 4.39 Å². The quantitative estimate of drug-likeness (QED) is 0.528. The first-order chi connectivity index (χ1) is 16.6. The summed E-state index contributed by atoms with van der Waals surface area (Å²) < 4.78 is 27.0. The fourth-order valence-corrected chi connectivity index (χ4v) is 4.43. The normalized spacial score (nSPS) is 15.9. The zero-order valence-electron chi connectivity index (χ0n) is 19.8. The van der Waals surface area contributed by atoms with Gasteiger partial charge in [-0.2, -0.15) is 0 Å². The van der Waals surface area contributed by atoms with Crippen molar-refractivity contribution in [1.29, 1.82) is 0 Å². The number of carbonyl (C=O) groups excluding carboxylic acids is 2. The highest BCUT2D eigenvalue weighted by molar-refractivity contribution is 7.12. The Morgan fingerprint density at radius 1 is 1.34 bits per heavy atom. The number of aromatic nitrogens is 3. The van der Waals surface area contributed by atoms with Crippen LogP contribution in [0, 0.1) is 5.82 Å². The Kier molecular flexibility index (Phi) is 6.75. The van der Waals surface area contributed by atoms with E-state index in [4.69, 9.17) is 9.47 Å². The number of anilines is 1. The fraction of sp³-hybridized carbons (Fsp3) is 0.435. The van der Waals surface area contributed by atoms with E-state index in [1.807, 2.05) is 0 Å². The van der Waals surface area contributed by atoms with E-state index in [0.717, 1.165) is 6.07 Å². The van der Waals surface area contributed by atoms with Gasteiger partial charge in [0.1, 0.15) is 11.2 Å². The molecule has 0 radical (unpaired) electrons. The molecular formula is C23H26FN5O5S. The summed E-state index contributed by atoms with van der Waals surface area (Å²) >= 11 is 1.27. The van der Waals surface area contributed by atoms with Gasteiger partial charge in [-0.15, -0.1) is 11.3 Å². The number of halogens is 1. The highest BCUT2D eigenvalue weighted by Crippen LogP contribution is 2.27. The SMILES string of the molecule is CCOC(=O)c1cn(-c2nccs2)c2nc(N3CCC(NC(=O)OC(C)(C)C)C3)c(F)cc2c1=O. The predicted molar refractivity (Wildman–Crippen MR) is 129 cm³/mol. The van der Waals surface area contributed by atoms with E-state index in [-0.39, 0.29) is 35.1 Å². The predicted octanol–water partition coefficient (Wildman–Crippen LogP) is 3.26. The number of rotatable bonds is 5. The molecule has 1 saturated heterocycles. The zero-order valence-corrected chi connectivity index (χ0v) is 20.6. The van der Waals surface area contributed by atoms with Crippen molar-refractivity contribution >= 4 is 40.3 Å². The number of nitrogens with zero attached hydrogens (tertiary/aromatic N) is 4. The van der Waals surface area contributed by atoms with Crippen LogP contribution in [0.2, 0.25) is 0 Å². The molecule has 0 aromatic carbocycles. The minimum Gasteiger partial charge on any atom is -0.462 e. The molecule has 0 spiro atoms. The number of fused-ring (bicyclic) bond motifs is 1. The lowest BCUT2D eigenvalue weighted by Crippen LogP contribution is -2.40. The van der Waals surface area contributed by atoms with Crippen LogP contribution in [-0.4, -0.2) is 57.9 Å². The van der Waals surface area contributed by atoms with Crippen LogP contribution in [0.5, 0.6) is 0 Å². The molecule has 3 aromatic rings. The van der Waals surface area contributed by atoms with E-state index in [1.165, 1.54) is 22.1 Å². The van der Waals surface area contributed by atoms with Crippen LogP contribution in [0.15, 0.2) is 28.6 Å². The molecular weight excluding hydrogens is 477 g/mol. The van der Waals surface area contributed by atoms with Crippen molar-refractivity contribution in [2.45, 2.75) is 45.8 Å². The molecule has 12 heteroatoms. The number of thiazole rings is 1. The Morgan fingerprint density at radius 2 is 2.11 bits per heavy atom. The average molecular weight is 504 g/mol. The van der Waals surface area contributed by atoms with Gasteiger partial charge in [-0.25, -0.2) is 23.9 Å². The van der Waals surface area contributed by atoms with Gasteiger partial charge >= 0.3 is 12.1 Å². The Hall–Kier alpha value is -3.54. The molecule has 1 N–H and O–H groups in total. The molecule has 3 aromatic heterocycles. The Bertz CT molecular complexity index is 1320. The number of esters is 1. The van der Waals surface area contributed by atoms with Crippen molar-refractivity contribution in [3.8, 4) is 5.13 Å². The van der Waals surface area contributed by atoms with E-state index in [1.54, 1.807) is 44.2 Å². The lowest BCUT2D eigenvalue weighted by molar-refractivity contribution is 0.0503. The summed E-state index contributed by atoms with van der Waals surface area (Å²) in [5, 5.41) is 4.93. The van der Waals surface area contributed by atoms with Crippen LogP contribution >= 0.6 is 11.3 Å². The number of pyridine rings is 2. The second kappa shape index (κ2) is 9.61. The van der Waals surface area contributed by atoms with Gasteiger partial charge in [0, 0.05) is 30.9 Å². The number of nitrogens with one attached hydrogen (secondary N) is 1. The summed E-state index contributed by atoms with van der Waals surface area (Å²) in [6.07, 6.45) is 2.93. The van der Waals surface area contributed by atoms with Crippen molar-refractivity contribution in [1.82, 2.24) is 19.9 Å². The van der Waals surface area contributed by atoms with Crippen molar-refractivity contribution in [2.75, 3.05) is 24.6 Å². The van der Waals surface area contributed by atoms with E-state index < -0.39 is 28.9 Å². The summed E-state index contributed by atoms with van der Waals surface area (Å²) in [6, 6.07) is 0.829. The maximum absolute atomic E-state index is 15.2. The summed E-state index contributed by atoms with van der Waals surface area (Å²) in [5.74, 6) is -1.47. The lowest BCUT2D eigenvalue weighted by Gasteiger charge is -2.22. The standard InChI is InChI=1S/C23H26FN5O5S/c1-5-33-20(31)15-12-29(21-25-7-9-35-21)18-14(17(15)30)10-16(24)19(27-18)28-8-6-13(11-28)26-22(32)34-23(2,3)4/h7,9-10,12-13H,5-6,8,11H2,1-4H3,(H,26,32). The Balaban J connectivity index is 1.71. The molecule has 0 saturated carbocycles. The molecule has 4 rings (SSSR count). The Morgan fingerprint density at radius 3 is 2.77 bits per heavy atom. The molecule has 1 aliphatic heterocycles. The number of amides is 1. The number of hydrogen-bond donors (Lipinski definition) is 1. The number of carbonyl (C=O) groups is 2. The van der Waals surface area contributed by atoms with Crippen LogP contribution in [-0.2, 0) is 9.47 Å². The summed E-state index contributed by atoms with van der Waals surface area (Å²) in [5.41, 5.74) is -1.37. The molecule has 1 atom stereocenters. The largest absolute Gasteiger partial charge is 0.462 e. The molecule has 10 nitrogen and oxygen atoms in total. The zero-order chi connectivity index (χ0) is 25.3. The summed E-state index contributed by atoms with van der Waals surface area (Å²) in [7, 11) is 0. The minimum absolute atomic E-state index is 0.0413. The van der Waals surface area contributed by atoms with Crippen LogP contribution < -0.4 is 15.6 Å². The first-order valence-corrected chi connectivity index (χ1v) is 12.0. The second-order valence-corrected chi connectivity index (χ2v) is 9.89. The summed E-state index contributed by atoms with van der Waals surface area (Å²) in [4.78, 5) is 48.0. The van der Waals surface area contributed by atoms with Crippen molar-refractivity contribution in [2.24, 2.45) is 0 Å². The van der Waals surface area contributed by atoms with Crippen LogP contribution in [0.3, 0.4) is 0 Å². The topological polar surface area (TPSA) is 116 Å². The molecule has 0 bridgehead atoms. The second-order valence-electron chi connectivity index (χ2n) is 9.02. The maximum atomic E-state index is 15.2. The van der Waals surface area contributed by atoms with Gasteiger partial charge in [0.05, 0.1) is 18.0 Å². The van der Waals surface area contributed by atoms with Gasteiger partial charge in [-0.05, 0) is 40.2 Å². The van der Waals surface area contributed by atoms with Crippen LogP contribution in [0.1, 0.15) is 44.5 Å². The van der Waals surface area contributed by atoms with Crippen molar-refractivity contribution in [3.05, 3.63) is 45.4 Å². The molecule has 1 aliphatic rings. The van der Waals surface area contributed by atoms with E-state index in [2.05, 4.69) is 15.3 Å². The van der Waals surface area contributed by atoms with E-state index in [0.29, 0.717) is 24.6 Å². The van der Waals surface area contributed by atoms with Gasteiger partial charge in [0.25, 0.3) is 0 Å². The highest BCUT2D eigenvalue weighted by Gasteiger charge is 2.30. The van der Waals surface area contributed by atoms with Crippen molar-refractivity contribution < 1.29 is 23.5 Å². The van der Waals surface area contributed by atoms with Gasteiger partial charge in [-0.3, -0.25) is 9.36 Å². The fourth-order valence-electron chi connectivity index (χ4n) is 3.82. The van der Waals surface area contributed by atoms with Gasteiger partial charge in [0.2, 0.25) is 5.43 Å². The monoisotopic (exact) mass is 503 g/mol. The molecule has 1 unspecified atom stereocenters. The Labute approximate surface area is 204 Å². The first-order valence-electron chi connectivity index (χ1n) is 11.1. The first kappa shape index (κ1) is 24.6. The molecule has 4 heterocycles.